The molecular weight excluding hydrogens is 232 g/mol. The Hall–Kier alpha value is -0.0800. The molecule has 2 heteroatoms. The molecule has 0 amide bonds. The van der Waals surface area contributed by atoms with E-state index in [1.54, 1.807) is 0 Å². The number of hydrogen-bond donors (Lipinski definition) is 2. The monoisotopic (exact) mass is 270 g/mol. The number of rotatable bonds is 10. The van der Waals surface area contributed by atoms with Crippen LogP contribution in [-0.4, -0.2) is 25.2 Å². The average molecular weight is 271 g/mol. The minimum atomic E-state index is 0.447. The van der Waals surface area contributed by atoms with E-state index in [9.17, 15) is 0 Å². The Labute approximate surface area is 122 Å². The van der Waals surface area contributed by atoms with Gasteiger partial charge >= 0.3 is 0 Å². The van der Waals surface area contributed by atoms with Gasteiger partial charge in [0.2, 0.25) is 0 Å². The maximum atomic E-state index is 3.65. The van der Waals surface area contributed by atoms with Crippen molar-refractivity contribution in [2.24, 2.45) is 11.3 Å². The highest BCUT2D eigenvalue weighted by Crippen LogP contribution is 2.17. The lowest BCUT2D eigenvalue weighted by molar-refractivity contribution is 0.344. The lowest BCUT2D eigenvalue weighted by Gasteiger charge is -2.21. The third-order valence-corrected chi connectivity index (χ3v) is 3.65. The zero-order valence-corrected chi connectivity index (χ0v) is 14.5. The zero-order valence-electron chi connectivity index (χ0n) is 14.5. The second-order valence-corrected chi connectivity index (χ2v) is 7.75. The molecule has 0 aliphatic carbocycles. The van der Waals surface area contributed by atoms with Gasteiger partial charge in [-0.25, -0.2) is 0 Å². The molecule has 0 aliphatic heterocycles. The molecule has 2 unspecified atom stereocenters. The summed E-state index contributed by atoms with van der Waals surface area (Å²) in [5, 5.41) is 7.15. The maximum absolute atomic E-state index is 3.65. The van der Waals surface area contributed by atoms with E-state index in [4.69, 9.17) is 0 Å². The lowest BCUT2D eigenvalue weighted by atomic mass is 9.92. The molecule has 0 aromatic heterocycles. The lowest BCUT2D eigenvalue weighted by Crippen LogP contribution is -2.30. The van der Waals surface area contributed by atoms with Crippen LogP contribution in [0.3, 0.4) is 0 Å². The molecule has 0 aromatic carbocycles. The van der Waals surface area contributed by atoms with Gasteiger partial charge in [0, 0.05) is 12.1 Å². The smallest absolute Gasteiger partial charge is 0.00388 e. The molecule has 116 valence electrons. The van der Waals surface area contributed by atoms with Crippen molar-refractivity contribution in [1.29, 1.82) is 0 Å². The molecule has 0 fully saturated rings. The van der Waals surface area contributed by atoms with E-state index in [1.165, 1.54) is 25.7 Å². The first kappa shape index (κ1) is 18.9. The third kappa shape index (κ3) is 14.1. The van der Waals surface area contributed by atoms with E-state index in [0.717, 1.165) is 19.0 Å². The van der Waals surface area contributed by atoms with E-state index in [0.29, 0.717) is 17.5 Å². The molecule has 0 aliphatic rings. The van der Waals surface area contributed by atoms with E-state index >= 15 is 0 Å². The molecule has 0 aromatic rings. The molecule has 0 heterocycles. The molecule has 19 heavy (non-hydrogen) atoms. The van der Waals surface area contributed by atoms with Crippen molar-refractivity contribution in [2.45, 2.75) is 86.2 Å². The fourth-order valence-corrected chi connectivity index (χ4v) is 2.09. The molecule has 0 rings (SSSR count). The first-order chi connectivity index (χ1) is 8.70. The minimum absolute atomic E-state index is 0.447. The predicted octanol–water partition coefficient (Wildman–Crippen LogP) is 4.21. The van der Waals surface area contributed by atoms with Crippen LogP contribution in [-0.2, 0) is 0 Å². The number of nitrogens with one attached hydrogen (secondary N) is 2. The normalized spacial score (nSPS) is 15.8. The minimum Gasteiger partial charge on any atom is -0.315 e. The largest absolute Gasteiger partial charge is 0.315 e. The van der Waals surface area contributed by atoms with Gasteiger partial charge in [-0.2, -0.15) is 0 Å². The van der Waals surface area contributed by atoms with Crippen LogP contribution in [0.5, 0.6) is 0 Å². The fourth-order valence-electron chi connectivity index (χ4n) is 2.09. The summed E-state index contributed by atoms with van der Waals surface area (Å²) >= 11 is 0. The van der Waals surface area contributed by atoms with Gasteiger partial charge < -0.3 is 10.6 Å². The summed E-state index contributed by atoms with van der Waals surface area (Å²) in [7, 11) is 0. The standard InChI is InChI=1S/C17H38N2/c1-14(2)18-12-10-15(3)8-9-16(4)19-13-11-17(5,6)7/h14-16,18-19H,8-13H2,1-7H3. The maximum Gasteiger partial charge on any atom is 0.00388 e. The van der Waals surface area contributed by atoms with E-state index < -0.39 is 0 Å². The van der Waals surface area contributed by atoms with E-state index in [1.807, 2.05) is 0 Å². The van der Waals surface area contributed by atoms with Crippen LogP contribution >= 0.6 is 0 Å². The molecule has 0 radical (unpaired) electrons. The van der Waals surface area contributed by atoms with Gasteiger partial charge in [-0.05, 0) is 57.0 Å². The quantitative estimate of drug-likeness (QED) is 0.621. The van der Waals surface area contributed by atoms with Crippen LogP contribution in [0.1, 0.15) is 74.1 Å². The molecule has 0 saturated heterocycles. The molecule has 0 bridgehead atoms. The first-order valence-electron chi connectivity index (χ1n) is 8.17. The fraction of sp³-hybridized carbons (Fsp3) is 1.00. The van der Waals surface area contributed by atoms with Gasteiger partial charge in [-0.1, -0.05) is 41.5 Å². The van der Waals surface area contributed by atoms with Gasteiger partial charge in [-0.3, -0.25) is 0 Å². The number of hydrogen-bond acceptors (Lipinski definition) is 2. The Morgan fingerprint density at radius 3 is 1.95 bits per heavy atom. The zero-order chi connectivity index (χ0) is 14.9. The molecule has 2 atom stereocenters. The van der Waals surface area contributed by atoms with E-state index in [2.05, 4.69) is 59.1 Å². The first-order valence-corrected chi connectivity index (χ1v) is 8.17. The van der Waals surface area contributed by atoms with Crippen molar-refractivity contribution in [3.8, 4) is 0 Å². The summed E-state index contributed by atoms with van der Waals surface area (Å²) in [5.74, 6) is 0.832. The molecule has 2 nitrogen and oxygen atoms in total. The molecule has 2 N–H and O–H groups in total. The van der Waals surface area contributed by atoms with Crippen molar-refractivity contribution >= 4 is 0 Å². The summed E-state index contributed by atoms with van der Waals surface area (Å²) in [4.78, 5) is 0. The van der Waals surface area contributed by atoms with E-state index in [-0.39, 0.29) is 0 Å². The summed E-state index contributed by atoms with van der Waals surface area (Å²) in [6, 6.07) is 1.27. The van der Waals surface area contributed by atoms with Crippen LogP contribution in [0, 0.1) is 11.3 Å². The Balaban J connectivity index is 3.53. The van der Waals surface area contributed by atoms with Crippen molar-refractivity contribution < 1.29 is 0 Å². The summed E-state index contributed by atoms with van der Waals surface area (Å²) in [5.41, 5.74) is 0.447. The second-order valence-electron chi connectivity index (χ2n) is 7.75. The summed E-state index contributed by atoms with van der Waals surface area (Å²) in [6.07, 6.45) is 5.19. The molecule has 0 spiro atoms. The third-order valence-electron chi connectivity index (χ3n) is 3.65. The van der Waals surface area contributed by atoms with Gasteiger partial charge in [0.25, 0.3) is 0 Å². The van der Waals surface area contributed by atoms with Crippen LogP contribution < -0.4 is 10.6 Å². The molecule has 0 saturated carbocycles. The average Bonchev–Trinajstić information content (AvgIpc) is 2.24. The Morgan fingerprint density at radius 1 is 0.789 bits per heavy atom. The van der Waals surface area contributed by atoms with Crippen LogP contribution in [0.2, 0.25) is 0 Å². The highest BCUT2D eigenvalue weighted by atomic mass is 14.9. The summed E-state index contributed by atoms with van der Waals surface area (Å²) in [6.45, 7) is 18.4. The Morgan fingerprint density at radius 2 is 1.42 bits per heavy atom. The van der Waals surface area contributed by atoms with Crippen LogP contribution in [0.4, 0.5) is 0 Å². The van der Waals surface area contributed by atoms with Gasteiger partial charge in [0.1, 0.15) is 0 Å². The topological polar surface area (TPSA) is 24.1 Å². The Kier molecular flexibility index (Phi) is 9.72. The summed E-state index contributed by atoms with van der Waals surface area (Å²) < 4.78 is 0. The van der Waals surface area contributed by atoms with Crippen molar-refractivity contribution in [1.82, 2.24) is 10.6 Å². The van der Waals surface area contributed by atoms with Crippen molar-refractivity contribution in [2.75, 3.05) is 13.1 Å². The SMILES string of the molecule is CC(CCNC(C)C)CCC(C)NCCC(C)(C)C. The molecular formula is C17H38N2. The van der Waals surface area contributed by atoms with Gasteiger partial charge in [0.05, 0.1) is 0 Å². The van der Waals surface area contributed by atoms with Crippen molar-refractivity contribution in [3.63, 3.8) is 0 Å². The highest BCUT2D eigenvalue weighted by molar-refractivity contribution is 4.68. The van der Waals surface area contributed by atoms with Gasteiger partial charge in [0.15, 0.2) is 0 Å². The Bertz CT molecular complexity index is 206. The van der Waals surface area contributed by atoms with Crippen LogP contribution in [0.15, 0.2) is 0 Å². The predicted molar refractivity (Wildman–Crippen MR) is 87.7 cm³/mol. The van der Waals surface area contributed by atoms with Gasteiger partial charge in [-0.15, -0.1) is 0 Å². The highest BCUT2D eigenvalue weighted by Gasteiger charge is 2.11. The van der Waals surface area contributed by atoms with Crippen LogP contribution in [0.25, 0.3) is 0 Å². The second kappa shape index (κ2) is 9.77. The van der Waals surface area contributed by atoms with Crippen molar-refractivity contribution in [3.05, 3.63) is 0 Å².